The van der Waals surface area contributed by atoms with E-state index in [1.807, 2.05) is 0 Å². The van der Waals surface area contributed by atoms with Crippen LogP contribution in [0.4, 0.5) is 0 Å². The van der Waals surface area contributed by atoms with Gasteiger partial charge in [0.2, 0.25) is 0 Å². The van der Waals surface area contributed by atoms with E-state index in [9.17, 15) is 0 Å². The molecule has 0 aromatic heterocycles. The van der Waals surface area contributed by atoms with Crippen LogP contribution < -0.4 is 5.32 Å². The molecule has 2 rings (SSSR count). The van der Waals surface area contributed by atoms with Crippen molar-refractivity contribution in [3.63, 3.8) is 0 Å². The van der Waals surface area contributed by atoms with Gasteiger partial charge in [-0.15, -0.1) is 0 Å². The van der Waals surface area contributed by atoms with Gasteiger partial charge in [-0.1, -0.05) is 30.3 Å². The predicted octanol–water partition coefficient (Wildman–Crippen LogP) is 1.54. The Hall–Kier alpha value is -0.900. The third-order valence-electron chi connectivity index (χ3n) is 3.42. The van der Waals surface area contributed by atoms with Crippen molar-refractivity contribution in [2.24, 2.45) is 0 Å². The van der Waals surface area contributed by atoms with Crippen LogP contribution in [0.1, 0.15) is 12.5 Å². The summed E-state index contributed by atoms with van der Waals surface area (Å²) >= 11 is 0. The number of rotatable bonds is 6. The van der Waals surface area contributed by atoms with Gasteiger partial charge in [-0.3, -0.25) is 4.90 Å². The summed E-state index contributed by atoms with van der Waals surface area (Å²) in [5, 5.41) is 3.61. The maximum absolute atomic E-state index is 5.43. The lowest BCUT2D eigenvalue weighted by molar-refractivity contribution is 0.0995. The highest BCUT2D eigenvalue weighted by atomic mass is 16.5. The molecule has 0 aliphatic carbocycles. The highest BCUT2D eigenvalue weighted by molar-refractivity contribution is 5.16. The molecule has 3 nitrogen and oxygen atoms in total. The van der Waals surface area contributed by atoms with E-state index in [1.54, 1.807) is 0 Å². The highest BCUT2D eigenvalue weighted by Crippen LogP contribution is 2.07. The summed E-state index contributed by atoms with van der Waals surface area (Å²) in [5.74, 6) is 0. The predicted molar refractivity (Wildman–Crippen MR) is 74.9 cm³/mol. The highest BCUT2D eigenvalue weighted by Gasteiger charge is 2.18. The number of piperazine rings is 1. The van der Waals surface area contributed by atoms with E-state index < -0.39 is 0 Å². The first-order valence-electron chi connectivity index (χ1n) is 6.96. The zero-order valence-corrected chi connectivity index (χ0v) is 11.3. The molecule has 1 saturated heterocycles. The molecule has 0 radical (unpaired) electrons. The third-order valence-corrected chi connectivity index (χ3v) is 3.42. The molecule has 1 unspecified atom stereocenters. The molecule has 1 aliphatic rings. The van der Waals surface area contributed by atoms with Gasteiger partial charge < -0.3 is 10.1 Å². The van der Waals surface area contributed by atoms with Gasteiger partial charge in [-0.2, -0.15) is 0 Å². The molecule has 1 atom stereocenters. The molecule has 1 fully saturated rings. The Morgan fingerprint density at radius 1 is 1.33 bits per heavy atom. The molecular weight excluding hydrogens is 224 g/mol. The number of nitrogens with one attached hydrogen (secondary N) is 1. The first-order chi connectivity index (χ1) is 8.88. The van der Waals surface area contributed by atoms with Crippen LogP contribution in [0.3, 0.4) is 0 Å². The fourth-order valence-electron chi connectivity index (χ4n) is 2.47. The SMILES string of the molecule is CCOCCN1CCNC(Cc2ccccc2)C1. The van der Waals surface area contributed by atoms with Gasteiger partial charge in [0.05, 0.1) is 6.61 Å². The molecule has 1 aromatic rings. The van der Waals surface area contributed by atoms with E-state index in [2.05, 4.69) is 47.5 Å². The van der Waals surface area contributed by atoms with Gasteiger partial charge in [-0.25, -0.2) is 0 Å². The van der Waals surface area contributed by atoms with E-state index in [0.29, 0.717) is 6.04 Å². The molecule has 1 N–H and O–H groups in total. The summed E-state index contributed by atoms with van der Waals surface area (Å²) in [6.45, 7) is 8.13. The normalized spacial score (nSPS) is 21.1. The molecule has 0 spiro atoms. The average Bonchev–Trinajstić information content (AvgIpc) is 2.41. The van der Waals surface area contributed by atoms with Crippen LogP contribution in [-0.4, -0.2) is 50.3 Å². The molecular formula is C15H24N2O. The average molecular weight is 248 g/mol. The summed E-state index contributed by atoms with van der Waals surface area (Å²) in [7, 11) is 0. The molecule has 3 heteroatoms. The Balaban J connectivity index is 1.76. The molecule has 1 aliphatic heterocycles. The molecule has 0 saturated carbocycles. The van der Waals surface area contributed by atoms with Gasteiger partial charge >= 0.3 is 0 Å². The smallest absolute Gasteiger partial charge is 0.0593 e. The molecule has 18 heavy (non-hydrogen) atoms. The fraction of sp³-hybridized carbons (Fsp3) is 0.600. The van der Waals surface area contributed by atoms with E-state index in [4.69, 9.17) is 4.74 Å². The quantitative estimate of drug-likeness (QED) is 0.773. The minimum absolute atomic E-state index is 0.572. The Morgan fingerprint density at radius 3 is 2.94 bits per heavy atom. The molecule has 1 aromatic carbocycles. The number of nitrogens with zero attached hydrogens (tertiary/aromatic N) is 1. The van der Waals surface area contributed by atoms with Crippen LogP contribution in [0.5, 0.6) is 0 Å². The summed E-state index contributed by atoms with van der Waals surface area (Å²) in [4.78, 5) is 2.50. The topological polar surface area (TPSA) is 24.5 Å². The monoisotopic (exact) mass is 248 g/mol. The van der Waals surface area contributed by atoms with Gasteiger partial charge in [0.1, 0.15) is 0 Å². The number of ether oxygens (including phenoxy) is 1. The third kappa shape index (κ3) is 4.41. The fourth-order valence-corrected chi connectivity index (χ4v) is 2.47. The minimum Gasteiger partial charge on any atom is -0.380 e. The van der Waals surface area contributed by atoms with Crippen molar-refractivity contribution in [3.05, 3.63) is 35.9 Å². The van der Waals surface area contributed by atoms with Gasteiger partial charge in [0.25, 0.3) is 0 Å². The first-order valence-corrected chi connectivity index (χ1v) is 6.96. The summed E-state index contributed by atoms with van der Waals surface area (Å²) < 4.78 is 5.43. The van der Waals surface area contributed by atoms with Crippen molar-refractivity contribution < 1.29 is 4.74 Å². The zero-order chi connectivity index (χ0) is 12.6. The molecule has 0 amide bonds. The first kappa shape index (κ1) is 13.5. The van der Waals surface area contributed by atoms with Crippen molar-refractivity contribution in [2.75, 3.05) is 39.4 Å². The lowest BCUT2D eigenvalue weighted by Crippen LogP contribution is -2.52. The molecule has 0 bridgehead atoms. The largest absolute Gasteiger partial charge is 0.380 e. The maximum atomic E-state index is 5.43. The summed E-state index contributed by atoms with van der Waals surface area (Å²) in [5.41, 5.74) is 1.42. The zero-order valence-electron chi connectivity index (χ0n) is 11.3. The van der Waals surface area contributed by atoms with E-state index >= 15 is 0 Å². The Kier molecular flexibility index (Phi) is 5.65. The second-order valence-electron chi connectivity index (χ2n) is 4.84. The van der Waals surface area contributed by atoms with E-state index in [-0.39, 0.29) is 0 Å². The van der Waals surface area contributed by atoms with Gasteiger partial charge in [0.15, 0.2) is 0 Å². The lowest BCUT2D eigenvalue weighted by Gasteiger charge is -2.33. The van der Waals surface area contributed by atoms with Crippen LogP contribution in [0, 0.1) is 0 Å². The van der Waals surface area contributed by atoms with Crippen LogP contribution in [0.15, 0.2) is 30.3 Å². The Bertz CT molecular complexity index is 329. The summed E-state index contributed by atoms with van der Waals surface area (Å²) in [6.07, 6.45) is 1.12. The van der Waals surface area contributed by atoms with Crippen molar-refractivity contribution in [2.45, 2.75) is 19.4 Å². The molecule has 1 heterocycles. The second kappa shape index (κ2) is 7.52. The van der Waals surface area contributed by atoms with Crippen molar-refractivity contribution in [1.82, 2.24) is 10.2 Å². The van der Waals surface area contributed by atoms with Crippen molar-refractivity contribution in [1.29, 1.82) is 0 Å². The van der Waals surface area contributed by atoms with Crippen LogP contribution in [0.25, 0.3) is 0 Å². The minimum atomic E-state index is 0.572. The number of hydrogen-bond donors (Lipinski definition) is 1. The van der Waals surface area contributed by atoms with Crippen molar-refractivity contribution >= 4 is 0 Å². The Morgan fingerprint density at radius 2 is 2.17 bits per heavy atom. The van der Waals surface area contributed by atoms with E-state index in [1.165, 1.54) is 5.56 Å². The molecule has 100 valence electrons. The van der Waals surface area contributed by atoms with Crippen molar-refractivity contribution in [3.8, 4) is 0 Å². The number of hydrogen-bond acceptors (Lipinski definition) is 3. The summed E-state index contributed by atoms with van der Waals surface area (Å²) in [6, 6.07) is 11.3. The number of benzene rings is 1. The lowest BCUT2D eigenvalue weighted by atomic mass is 10.0. The Labute approximate surface area is 110 Å². The van der Waals surface area contributed by atoms with Gasteiger partial charge in [0, 0.05) is 38.8 Å². The van der Waals surface area contributed by atoms with Gasteiger partial charge in [-0.05, 0) is 18.9 Å². The van der Waals surface area contributed by atoms with Crippen LogP contribution >= 0.6 is 0 Å². The maximum Gasteiger partial charge on any atom is 0.0593 e. The van der Waals surface area contributed by atoms with Crippen LogP contribution in [-0.2, 0) is 11.2 Å². The van der Waals surface area contributed by atoms with Crippen LogP contribution in [0.2, 0.25) is 0 Å². The second-order valence-corrected chi connectivity index (χ2v) is 4.84. The van der Waals surface area contributed by atoms with E-state index in [0.717, 1.165) is 45.8 Å². The standard InChI is InChI=1S/C15H24N2O/c1-2-18-11-10-17-9-8-16-15(13-17)12-14-6-4-3-5-7-14/h3-7,15-16H,2,8-13H2,1H3.